The van der Waals surface area contributed by atoms with Gasteiger partial charge in [-0.3, -0.25) is 14.2 Å². The topological polar surface area (TPSA) is 93.1 Å². The van der Waals surface area contributed by atoms with Crippen LogP contribution in [0, 0.1) is 0 Å². The molecular weight excluding hydrogens is 410 g/mol. The van der Waals surface area contributed by atoms with Gasteiger partial charge >= 0.3 is 0 Å². The van der Waals surface area contributed by atoms with Gasteiger partial charge < -0.3 is 9.47 Å². The Bertz CT molecular complexity index is 967. The summed E-state index contributed by atoms with van der Waals surface area (Å²) in [5.41, 5.74) is 1.62. The molecule has 27 heavy (non-hydrogen) atoms. The fraction of sp³-hybridized carbons (Fsp3) is 0.294. The number of ether oxygens (including phenoxy) is 2. The lowest BCUT2D eigenvalue weighted by Crippen LogP contribution is -2.32. The van der Waals surface area contributed by atoms with Gasteiger partial charge in [0.1, 0.15) is 10.4 Å². The molecule has 0 radical (unpaired) electrons. The van der Waals surface area contributed by atoms with Gasteiger partial charge in [-0.2, -0.15) is 8.42 Å². The molecule has 1 N–H and O–H groups in total. The number of carbonyl (C=O) groups excluding carboxylic acids is 1. The van der Waals surface area contributed by atoms with Crippen molar-refractivity contribution in [1.29, 1.82) is 0 Å². The minimum Gasteiger partial charge on any atom is -0.493 e. The Labute approximate surface area is 166 Å². The number of thiocarbonyl (C=S) groups is 1. The van der Waals surface area contributed by atoms with Crippen molar-refractivity contribution in [3.05, 3.63) is 40.3 Å². The summed E-state index contributed by atoms with van der Waals surface area (Å²) in [6.07, 6.45) is 3.30. The highest BCUT2D eigenvalue weighted by Crippen LogP contribution is 2.39. The van der Waals surface area contributed by atoms with Gasteiger partial charge in [0.25, 0.3) is 16.0 Å². The number of carbonyl (C=O) groups is 1. The number of rotatable bonds is 5. The summed E-state index contributed by atoms with van der Waals surface area (Å²) >= 11 is 6.25. The second kappa shape index (κ2) is 7.63. The number of hydrogen-bond acceptors (Lipinski definition) is 7. The van der Waals surface area contributed by atoms with Crippen LogP contribution in [0.5, 0.6) is 11.5 Å². The first kappa shape index (κ1) is 19.9. The Hall–Kier alpha value is -1.88. The number of amides is 1. The van der Waals surface area contributed by atoms with E-state index in [1.807, 2.05) is 31.2 Å². The Morgan fingerprint density at radius 2 is 2.19 bits per heavy atom. The molecule has 0 aliphatic carbocycles. The molecule has 144 valence electrons. The van der Waals surface area contributed by atoms with Crippen LogP contribution >= 0.6 is 24.0 Å². The van der Waals surface area contributed by atoms with Crippen molar-refractivity contribution in [3.63, 3.8) is 0 Å². The van der Waals surface area contributed by atoms with Crippen molar-refractivity contribution >= 4 is 50.4 Å². The van der Waals surface area contributed by atoms with E-state index < -0.39 is 21.8 Å². The largest absolute Gasteiger partial charge is 0.493 e. The first-order chi connectivity index (χ1) is 12.7. The lowest BCUT2D eigenvalue weighted by atomic mass is 10.0. The Morgan fingerprint density at radius 3 is 2.85 bits per heavy atom. The summed E-state index contributed by atoms with van der Waals surface area (Å²) in [5, 5.41) is 0. The fourth-order valence-corrected chi connectivity index (χ4v) is 4.41. The lowest BCUT2D eigenvalue weighted by Gasteiger charge is -2.24. The summed E-state index contributed by atoms with van der Waals surface area (Å²) in [7, 11) is -2.61. The molecular formula is C17H17NO6S3. The molecule has 1 unspecified atom stereocenters. The predicted octanol–water partition coefficient (Wildman–Crippen LogP) is 2.49. The maximum absolute atomic E-state index is 12.5. The number of hydrogen-bond donors (Lipinski definition) is 1. The van der Waals surface area contributed by atoms with Crippen LogP contribution in [0.25, 0.3) is 6.08 Å². The van der Waals surface area contributed by atoms with E-state index in [-0.39, 0.29) is 17.0 Å². The first-order valence-electron chi connectivity index (χ1n) is 7.95. The maximum atomic E-state index is 12.5. The average Bonchev–Trinajstić information content (AvgIpc) is 2.86. The molecule has 7 nitrogen and oxygen atoms in total. The van der Waals surface area contributed by atoms with Crippen LogP contribution in [0.2, 0.25) is 0 Å². The minimum atomic E-state index is -4.18. The summed E-state index contributed by atoms with van der Waals surface area (Å²) in [6, 6.07) is 5.54. The molecule has 2 aliphatic rings. The summed E-state index contributed by atoms with van der Waals surface area (Å²) in [6.45, 7) is 1.67. The van der Waals surface area contributed by atoms with Crippen LogP contribution in [0.4, 0.5) is 0 Å². The second-order valence-corrected chi connectivity index (χ2v) is 9.15. The van der Waals surface area contributed by atoms with E-state index in [2.05, 4.69) is 0 Å². The van der Waals surface area contributed by atoms with Gasteiger partial charge in [0.15, 0.2) is 11.5 Å². The van der Waals surface area contributed by atoms with Gasteiger partial charge in [-0.25, -0.2) is 0 Å². The first-order valence-corrected chi connectivity index (χ1v) is 10.8. The molecule has 1 aromatic rings. The van der Waals surface area contributed by atoms with Crippen molar-refractivity contribution in [3.8, 4) is 11.5 Å². The lowest BCUT2D eigenvalue weighted by molar-refractivity contribution is -0.122. The Balaban J connectivity index is 1.87. The van der Waals surface area contributed by atoms with E-state index in [0.717, 1.165) is 22.9 Å². The molecule has 10 heteroatoms. The van der Waals surface area contributed by atoms with Crippen LogP contribution in [0.3, 0.4) is 0 Å². The molecule has 2 aliphatic heterocycles. The second-order valence-electron chi connectivity index (χ2n) is 5.90. The van der Waals surface area contributed by atoms with Crippen LogP contribution in [0.15, 0.2) is 34.8 Å². The number of methoxy groups -OCH3 is 1. The van der Waals surface area contributed by atoms with Crippen LogP contribution in [-0.4, -0.2) is 53.6 Å². The van der Waals surface area contributed by atoms with E-state index in [1.54, 1.807) is 13.2 Å². The van der Waals surface area contributed by atoms with E-state index >= 15 is 0 Å². The fourth-order valence-electron chi connectivity index (χ4n) is 2.68. The Morgan fingerprint density at radius 1 is 1.44 bits per heavy atom. The Kier molecular flexibility index (Phi) is 5.61. The van der Waals surface area contributed by atoms with Gasteiger partial charge in [0, 0.05) is 12.1 Å². The summed E-state index contributed by atoms with van der Waals surface area (Å²) < 4.78 is 42.2. The molecule has 1 aromatic carbocycles. The molecule has 2 heterocycles. The maximum Gasteiger partial charge on any atom is 0.266 e. The van der Waals surface area contributed by atoms with E-state index in [1.165, 1.54) is 4.90 Å². The molecule has 1 fully saturated rings. The van der Waals surface area contributed by atoms with E-state index in [4.69, 9.17) is 26.2 Å². The monoisotopic (exact) mass is 427 g/mol. The van der Waals surface area contributed by atoms with Gasteiger partial charge in [-0.05, 0) is 30.7 Å². The van der Waals surface area contributed by atoms with E-state index in [9.17, 15) is 13.2 Å². The van der Waals surface area contributed by atoms with Crippen molar-refractivity contribution in [2.45, 2.75) is 13.0 Å². The zero-order chi connectivity index (χ0) is 19.8. The van der Waals surface area contributed by atoms with Crippen LogP contribution in [-0.2, 0) is 14.9 Å². The molecule has 3 rings (SSSR count). The molecule has 0 spiro atoms. The number of thioether (sulfide) groups is 1. The SMILES string of the molecule is COc1cccc2c1OC(C)C(/C=C1\SC(=S)N(CCS(=O)(=O)O)C1=O)=C2. The highest BCUT2D eigenvalue weighted by molar-refractivity contribution is 8.26. The van der Waals surface area contributed by atoms with E-state index in [0.29, 0.717) is 16.4 Å². The van der Waals surface area contributed by atoms with Gasteiger partial charge in [-0.1, -0.05) is 36.1 Å². The van der Waals surface area contributed by atoms with Gasteiger partial charge in [0.05, 0.1) is 17.8 Å². The van der Waals surface area contributed by atoms with Crippen molar-refractivity contribution in [1.82, 2.24) is 4.90 Å². The van der Waals surface area contributed by atoms with Crippen molar-refractivity contribution in [2.24, 2.45) is 0 Å². The third-order valence-electron chi connectivity index (χ3n) is 4.06. The highest BCUT2D eigenvalue weighted by atomic mass is 32.2. The van der Waals surface area contributed by atoms with Crippen molar-refractivity contribution in [2.75, 3.05) is 19.4 Å². The number of fused-ring (bicyclic) bond motifs is 1. The molecule has 1 amide bonds. The van der Waals surface area contributed by atoms with Crippen LogP contribution < -0.4 is 9.47 Å². The molecule has 0 aromatic heterocycles. The smallest absolute Gasteiger partial charge is 0.266 e. The predicted molar refractivity (Wildman–Crippen MR) is 107 cm³/mol. The van der Waals surface area contributed by atoms with Gasteiger partial charge in [-0.15, -0.1) is 0 Å². The molecule has 0 saturated carbocycles. The standard InChI is InChI=1S/C17H17NO6S3/c1-10-12(8-11-4-3-5-13(23-2)15(11)24-10)9-14-16(19)18(17(25)26-14)6-7-27(20,21)22/h3-5,8-10H,6-7H2,1-2H3,(H,20,21,22)/b14-9-. The van der Waals surface area contributed by atoms with Crippen molar-refractivity contribution < 1.29 is 27.2 Å². The zero-order valence-electron chi connectivity index (χ0n) is 14.5. The zero-order valence-corrected chi connectivity index (χ0v) is 17.0. The minimum absolute atomic E-state index is 0.189. The molecule has 1 atom stereocenters. The number of para-hydroxylation sites is 1. The third-order valence-corrected chi connectivity index (χ3v) is 6.14. The molecule has 1 saturated heterocycles. The van der Waals surface area contributed by atoms with Gasteiger partial charge in [0.2, 0.25) is 0 Å². The molecule has 0 bridgehead atoms. The normalized spacial score (nSPS) is 21.1. The quantitative estimate of drug-likeness (QED) is 0.435. The average molecular weight is 428 g/mol. The third kappa shape index (κ3) is 4.34. The summed E-state index contributed by atoms with van der Waals surface area (Å²) in [4.78, 5) is 14.1. The van der Waals surface area contributed by atoms with Crippen LogP contribution in [0.1, 0.15) is 12.5 Å². The number of nitrogens with zero attached hydrogens (tertiary/aromatic N) is 1. The number of benzene rings is 1. The highest BCUT2D eigenvalue weighted by Gasteiger charge is 2.33. The summed E-state index contributed by atoms with van der Waals surface area (Å²) in [5.74, 6) is 0.317.